The Morgan fingerprint density at radius 1 is 0.905 bits per heavy atom. The van der Waals surface area contributed by atoms with Crippen LogP contribution in [-0.2, 0) is 29.2 Å². The van der Waals surface area contributed by atoms with E-state index in [1.54, 1.807) is 0 Å². The Balaban J connectivity index is 0. The van der Waals surface area contributed by atoms with Crippen LogP contribution in [0.4, 0.5) is 0 Å². The summed E-state index contributed by atoms with van der Waals surface area (Å²) in [7, 11) is -10.2. The van der Waals surface area contributed by atoms with Gasteiger partial charge in [0, 0.05) is 0 Å². The molecule has 4 atom stereocenters. The van der Waals surface area contributed by atoms with Gasteiger partial charge in [-0.3, -0.25) is 9.11 Å². The van der Waals surface area contributed by atoms with Crippen LogP contribution in [0.25, 0.3) is 0 Å². The Kier molecular flexibility index (Phi) is 9.98. The molecule has 0 radical (unpaired) electrons. The van der Waals surface area contributed by atoms with E-state index in [9.17, 15) is 21.6 Å². The summed E-state index contributed by atoms with van der Waals surface area (Å²) >= 11 is 0. The maximum absolute atomic E-state index is 9.90. The van der Waals surface area contributed by atoms with Crippen molar-refractivity contribution in [2.24, 2.45) is 0 Å². The smallest absolute Gasteiger partial charge is 0.394 e. The third-order valence-electron chi connectivity index (χ3n) is 1.59. The lowest BCUT2D eigenvalue weighted by atomic mass is 10.0. The van der Waals surface area contributed by atoms with E-state index in [1.807, 2.05) is 0 Å². The number of aldehydes is 1. The van der Waals surface area contributed by atoms with Gasteiger partial charge < -0.3 is 30.3 Å². The maximum atomic E-state index is 9.90. The molecule has 7 N–H and O–H groups in total. The highest BCUT2D eigenvalue weighted by atomic mass is 32.3. The van der Waals surface area contributed by atoms with Gasteiger partial charge >= 0.3 is 20.8 Å². The van der Waals surface area contributed by atoms with Gasteiger partial charge in [0.05, 0.1) is 6.61 Å². The van der Waals surface area contributed by atoms with E-state index < -0.39 is 51.8 Å². The minimum absolute atomic E-state index is 0.0258. The number of carbonyl (C=O) groups is 1. The van der Waals surface area contributed by atoms with E-state index in [2.05, 4.69) is 3.63 Å². The van der Waals surface area contributed by atoms with Crippen molar-refractivity contribution in [2.45, 2.75) is 24.4 Å². The Labute approximate surface area is 118 Å². The predicted molar refractivity (Wildman–Crippen MR) is 61.4 cm³/mol. The zero-order chi connectivity index (χ0) is 17.4. The minimum atomic E-state index is -5.12. The summed E-state index contributed by atoms with van der Waals surface area (Å²) in [6.07, 6.45) is -6.84. The van der Waals surface area contributed by atoms with Crippen LogP contribution in [0.5, 0.6) is 0 Å². The summed E-state index contributed by atoms with van der Waals surface area (Å²) in [5.41, 5.74) is 0. The van der Waals surface area contributed by atoms with Crippen LogP contribution >= 0.6 is 0 Å². The Bertz CT molecular complexity index is 465. The molecule has 0 aliphatic heterocycles. The number of aliphatic hydroxyl groups is 5. The third-order valence-corrected chi connectivity index (χ3v) is 2.97. The summed E-state index contributed by atoms with van der Waals surface area (Å²) in [5.74, 6) is 0. The largest absolute Gasteiger partial charge is 0.413 e. The number of hydrogen-bond acceptors (Lipinski definition) is 11. The molecule has 0 unspecified atom stereocenters. The first-order valence-electron chi connectivity index (χ1n) is 4.69. The van der Waals surface area contributed by atoms with Gasteiger partial charge in [-0.05, 0) is 0 Å². The van der Waals surface area contributed by atoms with Gasteiger partial charge in [-0.2, -0.15) is 16.8 Å². The van der Waals surface area contributed by atoms with Gasteiger partial charge in [0.2, 0.25) is 0 Å². The Morgan fingerprint density at radius 3 is 1.48 bits per heavy atom. The van der Waals surface area contributed by atoms with Crippen LogP contribution in [0.15, 0.2) is 0 Å². The van der Waals surface area contributed by atoms with Crippen LogP contribution in [0, 0.1) is 0 Å². The van der Waals surface area contributed by atoms with Crippen molar-refractivity contribution in [1.29, 1.82) is 0 Å². The normalized spacial score (nSPS) is 17.9. The van der Waals surface area contributed by atoms with Gasteiger partial charge in [0.25, 0.3) is 0 Å². The molecule has 0 aliphatic carbocycles. The first kappa shape index (κ1) is 22.5. The summed E-state index contributed by atoms with van der Waals surface area (Å²) in [5, 5.41) is 43.5. The van der Waals surface area contributed by atoms with Crippen molar-refractivity contribution in [3.63, 3.8) is 0 Å². The molecular weight excluding hydrogens is 344 g/mol. The molecule has 0 amide bonds. The quantitative estimate of drug-likeness (QED) is 0.167. The Morgan fingerprint density at radius 2 is 1.29 bits per heavy atom. The molecule has 0 bridgehead atoms. The number of rotatable bonds is 7. The topological polar surface area (TPSA) is 236 Å². The lowest BCUT2D eigenvalue weighted by Gasteiger charge is -2.22. The van der Waals surface area contributed by atoms with Crippen LogP contribution in [0.3, 0.4) is 0 Å². The van der Waals surface area contributed by atoms with Crippen LogP contribution in [0.2, 0.25) is 0 Å². The molecule has 21 heavy (non-hydrogen) atoms. The van der Waals surface area contributed by atoms with Gasteiger partial charge in [-0.25, -0.2) is 0 Å². The SMILES string of the molecule is O=C[C@H](O)[C@@H](O)[C@@H](O)[C@H](O)CO.O=S(=O)(O)OS(=O)(=O)O. The lowest BCUT2D eigenvalue weighted by molar-refractivity contribution is -0.136. The molecule has 0 aromatic carbocycles. The van der Waals surface area contributed by atoms with Crippen LogP contribution in [0.1, 0.15) is 0 Å². The first-order chi connectivity index (χ1) is 9.25. The van der Waals surface area contributed by atoms with E-state index in [0.29, 0.717) is 0 Å². The second-order valence-corrected chi connectivity index (χ2v) is 5.54. The molecule has 128 valence electrons. The average molecular weight is 358 g/mol. The van der Waals surface area contributed by atoms with Crippen molar-refractivity contribution in [3.05, 3.63) is 0 Å². The monoisotopic (exact) mass is 358 g/mol. The predicted octanol–water partition coefficient (Wildman–Crippen LogP) is -4.77. The highest BCUT2D eigenvalue weighted by Crippen LogP contribution is 2.02. The first-order valence-corrected chi connectivity index (χ1v) is 7.42. The van der Waals surface area contributed by atoms with Crippen molar-refractivity contribution in [2.75, 3.05) is 6.61 Å². The molecule has 0 heterocycles. The molecule has 0 fully saturated rings. The molecule has 13 nitrogen and oxygen atoms in total. The van der Waals surface area contributed by atoms with Crippen LogP contribution in [-0.4, -0.2) is 88.8 Å². The fourth-order valence-corrected chi connectivity index (χ4v) is 1.60. The Hall–Kier alpha value is -0.750. The molecule has 0 aromatic rings. The van der Waals surface area contributed by atoms with E-state index in [0.717, 1.165) is 0 Å². The lowest BCUT2D eigenvalue weighted by Crippen LogP contribution is -2.46. The average Bonchev–Trinajstić information content (AvgIpc) is 2.31. The van der Waals surface area contributed by atoms with Crippen LogP contribution < -0.4 is 0 Å². The van der Waals surface area contributed by atoms with E-state index in [1.165, 1.54) is 0 Å². The molecule has 0 spiro atoms. The van der Waals surface area contributed by atoms with Gasteiger partial charge in [-0.1, -0.05) is 0 Å². The zero-order valence-corrected chi connectivity index (χ0v) is 11.6. The molecular formula is C6H14O13S2. The fraction of sp³-hybridized carbons (Fsp3) is 0.833. The fourth-order valence-electron chi connectivity index (χ4n) is 0.727. The highest BCUT2D eigenvalue weighted by Gasteiger charge is 2.29. The maximum Gasteiger partial charge on any atom is 0.413 e. The molecule has 0 aromatic heterocycles. The number of aliphatic hydroxyl groups excluding tert-OH is 5. The third kappa shape index (κ3) is 12.7. The van der Waals surface area contributed by atoms with Crippen molar-refractivity contribution >= 4 is 27.1 Å². The second-order valence-electron chi connectivity index (χ2n) is 3.28. The number of hydrogen-bond donors (Lipinski definition) is 7. The summed E-state index contributed by atoms with van der Waals surface area (Å²) in [4.78, 5) is 9.90. The summed E-state index contributed by atoms with van der Waals surface area (Å²) < 4.78 is 55.6. The van der Waals surface area contributed by atoms with Gasteiger partial charge in [-0.15, -0.1) is 3.63 Å². The molecule has 0 aliphatic rings. The van der Waals surface area contributed by atoms with Gasteiger partial charge in [0.1, 0.15) is 24.4 Å². The van der Waals surface area contributed by atoms with E-state index in [4.69, 9.17) is 34.6 Å². The molecule has 15 heteroatoms. The van der Waals surface area contributed by atoms with E-state index in [-0.39, 0.29) is 6.29 Å². The number of carbonyl (C=O) groups excluding carboxylic acids is 1. The summed E-state index contributed by atoms with van der Waals surface area (Å²) in [6, 6.07) is 0. The van der Waals surface area contributed by atoms with Gasteiger partial charge in [0.15, 0.2) is 6.29 Å². The zero-order valence-electron chi connectivity index (χ0n) is 9.99. The standard InChI is InChI=1S/C6H12O6.H2O7S2/c7-1-3(9)5(11)6(12)4(10)2-8;1-8(2,3)7-9(4,5)6/h1,3-6,8-12H,2H2;(H,1,2,3)(H,4,5,6)/t3-,4+,5+,6-;/m0./s1. The minimum Gasteiger partial charge on any atom is -0.394 e. The summed E-state index contributed by atoms with van der Waals surface area (Å²) in [6.45, 7) is -0.760. The van der Waals surface area contributed by atoms with E-state index >= 15 is 0 Å². The molecule has 0 rings (SSSR count). The van der Waals surface area contributed by atoms with Crippen molar-refractivity contribution in [1.82, 2.24) is 0 Å². The highest BCUT2D eigenvalue weighted by molar-refractivity contribution is 7.94. The van der Waals surface area contributed by atoms with Crippen molar-refractivity contribution < 1.29 is 59.9 Å². The van der Waals surface area contributed by atoms with Crippen molar-refractivity contribution in [3.8, 4) is 0 Å². The molecule has 0 saturated carbocycles. The molecule has 0 saturated heterocycles. The second kappa shape index (κ2) is 9.30.